The summed E-state index contributed by atoms with van der Waals surface area (Å²) in [6, 6.07) is 15.3. The Hall–Kier alpha value is -3.35. The van der Waals surface area contributed by atoms with Gasteiger partial charge in [-0.15, -0.1) is 5.10 Å². The van der Waals surface area contributed by atoms with Crippen molar-refractivity contribution in [3.8, 4) is 22.8 Å². The number of nitrogens with zero attached hydrogens (tertiary/aromatic N) is 4. The van der Waals surface area contributed by atoms with Gasteiger partial charge in [-0.25, -0.2) is 4.68 Å². The van der Waals surface area contributed by atoms with E-state index in [9.17, 15) is 4.79 Å². The molecule has 3 aromatic rings. The number of methoxy groups -OCH3 is 2. The molecule has 0 atom stereocenters. The van der Waals surface area contributed by atoms with E-state index in [-0.39, 0.29) is 11.9 Å². The number of amides is 1. The molecule has 1 saturated heterocycles. The van der Waals surface area contributed by atoms with Crippen LogP contribution in [0.15, 0.2) is 54.7 Å². The van der Waals surface area contributed by atoms with Gasteiger partial charge in [-0.2, -0.15) is 0 Å². The maximum atomic E-state index is 12.8. The summed E-state index contributed by atoms with van der Waals surface area (Å²) in [5.74, 6) is 0.926. The summed E-state index contributed by atoms with van der Waals surface area (Å²) in [6.07, 6.45) is 1.92. The highest BCUT2D eigenvalue weighted by molar-refractivity contribution is 5.98. The van der Waals surface area contributed by atoms with E-state index in [1.807, 2.05) is 41.2 Å². The molecule has 0 N–H and O–H groups in total. The number of rotatable bonds is 5. The number of carbonyl (C=O) groups is 1. The van der Waals surface area contributed by atoms with Crippen LogP contribution in [-0.4, -0.2) is 53.1 Å². The lowest BCUT2D eigenvalue weighted by molar-refractivity contribution is 0.0494. The third-order valence-electron chi connectivity index (χ3n) is 4.74. The van der Waals surface area contributed by atoms with Gasteiger partial charge in [0, 0.05) is 18.7 Å². The first-order valence-electron chi connectivity index (χ1n) is 8.68. The average Bonchev–Trinajstić information content (AvgIpc) is 3.16. The predicted octanol–water partition coefficient (Wildman–Crippen LogP) is 2.66. The fraction of sp³-hybridized carbons (Fsp3) is 0.250. The quantitative estimate of drug-likeness (QED) is 0.696. The topological polar surface area (TPSA) is 69.5 Å². The molecule has 0 spiro atoms. The van der Waals surface area contributed by atoms with Gasteiger partial charge in [-0.05, 0) is 12.1 Å². The van der Waals surface area contributed by atoms with Gasteiger partial charge in [0.2, 0.25) is 0 Å². The van der Waals surface area contributed by atoms with Crippen LogP contribution in [0.4, 0.5) is 0 Å². The summed E-state index contributed by atoms with van der Waals surface area (Å²) < 4.78 is 12.5. The lowest BCUT2D eigenvalue weighted by Gasteiger charge is -2.39. The van der Waals surface area contributed by atoms with Gasteiger partial charge < -0.3 is 14.4 Å². The van der Waals surface area contributed by atoms with E-state index < -0.39 is 0 Å². The number of para-hydroxylation sites is 1. The summed E-state index contributed by atoms with van der Waals surface area (Å²) in [5.41, 5.74) is 2.35. The molecule has 138 valence electrons. The molecule has 7 heteroatoms. The van der Waals surface area contributed by atoms with E-state index in [2.05, 4.69) is 10.3 Å². The number of benzene rings is 2. The number of carbonyl (C=O) groups excluding carboxylic acids is 1. The van der Waals surface area contributed by atoms with Crippen LogP contribution in [0.1, 0.15) is 16.4 Å². The minimum absolute atomic E-state index is 0.0783. The van der Waals surface area contributed by atoms with E-state index >= 15 is 0 Å². The van der Waals surface area contributed by atoms with Crippen LogP contribution in [0, 0.1) is 0 Å². The summed E-state index contributed by atoms with van der Waals surface area (Å²) in [7, 11) is 3.09. The molecular formula is C20H20N4O3. The molecule has 0 saturated carbocycles. The Morgan fingerprint density at radius 1 is 1.04 bits per heavy atom. The van der Waals surface area contributed by atoms with Crippen LogP contribution in [0.25, 0.3) is 11.3 Å². The van der Waals surface area contributed by atoms with Gasteiger partial charge >= 0.3 is 0 Å². The van der Waals surface area contributed by atoms with Crippen LogP contribution in [0.3, 0.4) is 0 Å². The van der Waals surface area contributed by atoms with Crippen LogP contribution >= 0.6 is 0 Å². The average molecular weight is 364 g/mol. The summed E-state index contributed by atoms with van der Waals surface area (Å²) in [4.78, 5) is 14.6. The largest absolute Gasteiger partial charge is 0.493 e. The van der Waals surface area contributed by atoms with Crippen molar-refractivity contribution < 1.29 is 14.3 Å². The zero-order chi connectivity index (χ0) is 18.8. The van der Waals surface area contributed by atoms with E-state index in [0.717, 1.165) is 11.3 Å². The molecule has 7 nitrogen and oxygen atoms in total. The van der Waals surface area contributed by atoms with Crippen LogP contribution < -0.4 is 9.47 Å². The van der Waals surface area contributed by atoms with E-state index in [1.54, 1.807) is 30.2 Å². The molecule has 1 aromatic heterocycles. The third-order valence-corrected chi connectivity index (χ3v) is 4.74. The molecule has 1 fully saturated rings. The number of aromatic nitrogens is 3. The van der Waals surface area contributed by atoms with Gasteiger partial charge in [0.05, 0.1) is 32.0 Å². The second kappa shape index (κ2) is 7.11. The lowest BCUT2D eigenvalue weighted by atomic mass is 10.1. The third kappa shape index (κ3) is 3.12. The normalized spacial score (nSPS) is 13.9. The SMILES string of the molecule is COc1cccc(C(=O)N2CC(n3cc(-c4ccccc4)nn3)C2)c1OC. The molecule has 1 aliphatic rings. The van der Waals surface area contributed by atoms with Gasteiger partial charge in [-0.1, -0.05) is 41.6 Å². The molecule has 0 radical (unpaired) electrons. The van der Waals surface area contributed by atoms with Crippen molar-refractivity contribution in [2.24, 2.45) is 0 Å². The molecular weight excluding hydrogens is 344 g/mol. The fourth-order valence-electron chi connectivity index (χ4n) is 3.21. The zero-order valence-corrected chi connectivity index (χ0v) is 15.2. The predicted molar refractivity (Wildman–Crippen MR) is 99.9 cm³/mol. The maximum absolute atomic E-state index is 12.8. The highest BCUT2D eigenvalue weighted by Gasteiger charge is 2.34. The molecule has 1 amide bonds. The lowest BCUT2D eigenvalue weighted by Crippen LogP contribution is -2.51. The van der Waals surface area contributed by atoms with Gasteiger partial charge in [0.15, 0.2) is 11.5 Å². The van der Waals surface area contributed by atoms with Crippen molar-refractivity contribution in [3.63, 3.8) is 0 Å². The summed E-state index contributed by atoms with van der Waals surface area (Å²) in [6.45, 7) is 1.16. The molecule has 27 heavy (non-hydrogen) atoms. The van der Waals surface area contributed by atoms with Gasteiger partial charge in [0.25, 0.3) is 5.91 Å². The second-order valence-corrected chi connectivity index (χ2v) is 6.35. The maximum Gasteiger partial charge on any atom is 0.257 e. The molecule has 1 aliphatic heterocycles. The molecule has 2 heterocycles. The number of ether oxygens (including phenoxy) is 2. The van der Waals surface area contributed by atoms with Crippen LogP contribution in [-0.2, 0) is 0 Å². The van der Waals surface area contributed by atoms with Crippen molar-refractivity contribution in [1.82, 2.24) is 19.9 Å². The van der Waals surface area contributed by atoms with E-state index in [4.69, 9.17) is 9.47 Å². The van der Waals surface area contributed by atoms with Gasteiger partial charge in [0.1, 0.15) is 5.69 Å². The molecule has 0 unspecified atom stereocenters. The number of hydrogen-bond donors (Lipinski definition) is 0. The van der Waals surface area contributed by atoms with Crippen LogP contribution in [0.2, 0.25) is 0 Å². The highest BCUT2D eigenvalue weighted by atomic mass is 16.5. The number of likely N-dealkylation sites (tertiary alicyclic amines) is 1. The van der Waals surface area contributed by atoms with Crippen molar-refractivity contribution in [2.45, 2.75) is 6.04 Å². The highest BCUT2D eigenvalue weighted by Crippen LogP contribution is 2.33. The smallest absolute Gasteiger partial charge is 0.257 e. The molecule has 0 aliphatic carbocycles. The minimum atomic E-state index is -0.0783. The van der Waals surface area contributed by atoms with Crippen LogP contribution in [0.5, 0.6) is 11.5 Å². The molecule has 4 rings (SSSR count). The number of hydrogen-bond acceptors (Lipinski definition) is 5. The Morgan fingerprint density at radius 3 is 2.52 bits per heavy atom. The monoisotopic (exact) mass is 364 g/mol. The zero-order valence-electron chi connectivity index (χ0n) is 15.2. The second-order valence-electron chi connectivity index (χ2n) is 6.35. The summed E-state index contributed by atoms with van der Waals surface area (Å²) in [5, 5.41) is 8.47. The minimum Gasteiger partial charge on any atom is -0.493 e. The Labute approximate surface area is 157 Å². The standard InChI is InChI=1S/C20H20N4O3/c1-26-18-10-6-9-16(19(18)27-2)20(25)23-11-15(12-23)24-13-17(21-22-24)14-7-4-3-5-8-14/h3-10,13,15H,11-12H2,1-2H3. The Bertz CT molecular complexity index is 949. The van der Waals surface area contributed by atoms with Crippen molar-refractivity contribution >= 4 is 5.91 Å². The Balaban J connectivity index is 1.46. The van der Waals surface area contributed by atoms with E-state index in [1.165, 1.54) is 7.11 Å². The van der Waals surface area contributed by atoms with Crippen molar-refractivity contribution in [3.05, 3.63) is 60.3 Å². The fourth-order valence-corrected chi connectivity index (χ4v) is 3.21. The van der Waals surface area contributed by atoms with E-state index in [0.29, 0.717) is 30.2 Å². The van der Waals surface area contributed by atoms with Gasteiger partial charge in [-0.3, -0.25) is 4.79 Å². The first-order chi connectivity index (χ1) is 13.2. The first kappa shape index (κ1) is 17.1. The first-order valence-corrected chi connectivity index (χ1v) is 8.68. The Morgan fingerprint density at radius 2 is 1.81 bits per heavy atom. The van der Waals surface area contributed by atoms with Crippen molar-refractivity contribution in [2.75, 3.05) is 27.3 Å². The van der Waals surface area contributed by atoms with Crippen molar-refractivity contribution in [1.29, 1.82) is 0 Å². The molecule has 0 bridgehead atoms. The Kier molecular flexibility index (Phi) is 4.50. The molecule has 2 aromatic carbocycles. The summed E-state index contributed by atoms with van der Waals surface area (Å²) >= 11 is 0.